The van der Waals surface area contributed by atoms with Crippen LogP contribution in [0.25, 0.3) is 0 Å². The molecule has 0 bridgehead atoms. The van der Waals surface area contributed by atoms with E-state index in [4.69, 9.17) is 0 Å². The highest BCUT2D eigenvalue weighted by atomic mass is 19.1. The zero-order valence-corrected chi connectivity index (χ0v) is 13.6. The minimum absolute atomic E-state index is 0.0766. The molecule has 1 amide bonds. The number of hydrogen-bond donors (Lipinski definition) is 2. The topological polar surface area (TPSA) is 53.5 Å². The molecule has 3 rings (SSSR count). The van der Waals surface area contributed by atoms with E-state index in [1.165, 1.54) is 18.6 Å². The predicted octanol–water partition coefficient (Wildman–Crippen LogP) is 3.75. The van der Waals surface area contributed by atoms with E-state index in [2.05, 4.69) is 22.5 Å². The summed E-state index contributed by atoms with van der Waals surface area (Å²) in [5.41, 5.74) is 1.32. The molecule has 1 aromatic carbocycles. The maximum Gasteiger partial charge on any atom is 0.247 e. The van der Waals surface area contributed by atoms with Gasteiger partial charge >= 0.3 is 0 Å². The standard InChI is InChI=1S/C18H24FN3O/c1-2-6-16-21-15-10-9-12(19)11-14(15)17(22-16)18(23)20-13-7-4-3-5-8-13/h9-11,13,17H,2-8H2,1H3,(H,20,23)(H,21,22). The lowest BCUT2D eigenvalue weighted by atomic mass is 9.94. The van der Waals surface area contributed by atoms with Gasteiger partial charge in [0, 0.05) is 18.0 Å². The predicted molar refractivity (Wildman–Crippen MR) is 89.3 cm³/mol. The van der Waals surface area contributed by atoms with E-state index in [1.807, 2.05) is 0 Å². The molecule has 1 atom stereocenters. The Morgan fingerprint density at radius 1 is 1.35 bits per heavy atom. The van der Waals surface area contributed by atoms with Crippen molar-refractivity contribution in [1.29, 1.82) is 0 Å². The van der Waals surface area contributed by atoms with E-state index < -0.39 is 6.04 Å². The number of benzene rings is 1. The zero-order valence-electron chi connectivity index (χ0n) is 13.6. The molecular formula is C18H24FN3O. The third-order valence-corrected chi connectivity index (χ3v) is 4.57. The van der Waals surface area contributed by atoms with Gasteiger partial charge in [-0.15, -0.1) is 0 Å². The molecule has 1 aliphatic heterocycles. The van der Waals surface area contributed by atoms with Crippen molar-refractivity contribution in [2.45, 2.75) is 64.0 Å². The van der Waals surface area contributed by atoms with Crippen molar-refractivity contribution in [3.8, 4) is 0 Å². The molecule has 5 heteroatoms. The quantitative estimate of drug-likeness (QED) is 0.888. The molecule has 1 heterocycles. The van der Waals surface area contributed by atoms with Gasteiger partial charge in [0.05, 0.1) is 5.69 Å². The first-order valence-corrected chi connectivity index (χ1v) is 8.61. The first kappa shape index (κ1) is 16.0. The Labute approximate surface area is 136 Å². The summed E-state index contributed by atoms with van der Waals surface area (Å²) in [7, 11) is 0. The molecule has 2 aliphatic rings. The first-order chi connectivity index (χ1) is 11.2. The molecule has 1 saturated carbocycles. The van der Waals surface area contributed by atoms with Gasteiger partial charge in [-0.25, -0.2) is 9.38 Å². The summed E-state index contributed by atoms with van der Waals surface area (Å²) < 4.78 is 13.6. The second-order valence-corrected chi connectivity index (χ2v) is 6.43. The van der Waals surface area contributed by atoms with Gasteiger partial charge in [-0.3, -0.25) is 4.79 Å². The van der Waals surface area contributed by atoms with Crippen molar-refractivity contribution < 1.29 is 9.18 Å². The van der Waals surface area contributed by atoms with Crippen LogP contribution in [0.15, 0.2) is 23.2 Å². The van der Waals surface area contributed by atoms with Crippen LogP contribution >= 0.6 is 0 Å². The van der Waals surface area contributed by atoms with Crippen molar-refractivity contribution in [2.24, 2.45) is 4.99 Å². The highest BCUT2D eigenvalue weighted by molar-refractivity contribution is 5.95. The van der Waals surface area contributed by atoms with Gasteiger partial charge in [-0.1, -0.05) is 26.2 Å². The maximum absolute atomic E-state index is 13.6. The van der Waals surface area contributed by atoms with Crippen molar-refractivity contribution >= 4 is 17.4 Å². The molecule has 1 aliphatic carbocycles. The summed E-state index contributed by atoms with van der Waals surface area (Å²) in [6.45, 7) is 2.07. The highest BCUT2D eigenvalue weighted by Gasteiger charge is 2.29. The van der Waals surface area contributed by atoms with Gasteiger partial charge < -0.3 is 10.6 Å². The Morgan fingerprint density at radius 2 is 2.13 bits per heavy atom. The van der Waals surface area contributed by atoms with E-state index >= 15 is 0 Å². The summed E-state index contributed by atoms with van der Waals surface area (Å²) in [5.74, 6) is 0.387. The van der Waals surface area contributed by atoms with E-state index in [0.717, 1.165) is 44.4 Å². The van der Waals surface area contributed by atoms with Gasteiger partial charge in [0.25, 0.3) is 0 Å². The summed E-state index contributed by atoms with van der Waals surface area (Å²) in [6.07, 6.45) is 7.36. The van der Waals surface area contributed by atoms with Crippen molar-refractivity contribution in [3.05, 3.63) is 29.6 Å². The van der Waals surface area contributed by atoms with Crippen LogP contribution < -0.4 is 10.6 Å². The Balaban J connectivity index is 1.81. The molecule has 0 aromatic heterocycles. The number of carbonyl (C=O) groups is 1. The average molecular weight is 317 g/mol. The monoisotopic (exact) mass is 317 g/mol. The fourth-order valence-corrected chi connectivity index (χ4v) is 3.38. The molecule has 2 N–H and O–H groups in total. The molecule has 1 unspecified atom stereocenters. The smallest absolute Gasteiger partial charge is 0.247 e. The average Bonchev–Trinajstić information content (AvgIpc) is 2.55. The molecule has 0 spiro atoms. The Morgan fingerprint density at radius 3 is 2.87 bits per heavy atom. The van der Waals surface area contributed by atoms with Crippen molar-refractivity contribution in [1.82, 2.24) is 10.6 Å². The van der Waals surface area contributed by atoms with Crippen LogP contribution in [0, 0.1) is 5.82 Å². The number of fused-ring (bicyclic) bond motifs is 1. The van der Waals surface area contributed by atoms with E-state index in [-0.39, 0.29) is 17.8 Å². The molecule has 23 heavy (non-hydrogen) atoms. The third kappa shape index (κ3) is 3.71. The number of halogens is 1. The summed E-state index contributed by atoms with van der Waals surface area (Å²) >= 11 is 0. The summed E-state index contributed by atoms with van der Waals surface area (Å²) in [6, 6.07) is 4.15. The Bertz CT molecular complexity index is 608. The Hall–Kier alpha value is -1.91. The van der Waals surface area contributed by atoms with Gasteiger partial charge in [-0.2, -0.15) is 0 Å². The molecule has 0 saturated heterocycles. The summed E-state index contributed by atoms with van der Waals surface area (Å²) in [4.78, 5) is 17.3. The van der Waals surface area contributed by atoms with Gasteiger partial charge in [0.1, 0.15) is 17.7 Å². The lowest BCUT2D eigenvalue weighted by molar-refractivity contribution is -0.123. The first-order valence-electron chi connectivity index (χ1n) is 8.61. The third-order valence-electron chi connectivity index (χ3n) is 4.57. The minimum Gasteiger partial charge on any atom is -0.358 e. The van der Waals surface area contributed by atoms with Gasteiger partial charge in [0.15, 0.2) is 0 Å². The number of rotatable bonds is 4. The normalized spacial score (nSPS) is 21.1. The largest absolute Gasteiger partial charge is 0.358 e. The number of carbonyl (C=O) groups excluding carboxylic acids is 1. The molecule has 0 radical (unpaired) electrons. The number of aliphatic imine (C=N–C) groups is 1. The van der Waals surface area contributed by atoms with Crippen LogP contribution in [0.3, 0.4) is 0 Å². The van der Waals surface area contributed by atoms with Crippen LogP contribution in [-0.2, 0) is 4.79 Å². The maximum atomic E-state index is 13.6. The fraction of sp³-hybridized carbons (Fsp3) is 0.556. The molecular weight excluding hydrogens is 293 g/mol. The second kappa shape index (κ2) is 7.11. The number of amides is 1. The van der Waals surface area contributed by atoms with E-state index in [1.54, 1.807) is 6.07 Å². The Kier molecular flexibility index (Phi) is 4.94. The SMILES string of the molecule is CCCC1=Nc2ccc(F)cc2C(C(=O)NC2CCCCC2)N1. The minimum atomic E-state index is -0.554. The molecule has 4 nitrogen and oxygen atoms in total. The van der Waals surface area contributed by atoms with Crippen LogP contribution in [0.5, 0.6) is 0 Å². The molecule has 1 aromatic rings. The lowest BCUT2D eigenvalue weighted by Gasteiger charge is -2.29. The zero-order chi connectivity index (χ0) is 16.2. The second-order valence-electron chi connectivity index (χ2n) is 6.43. The van der Waals surface area contributed by atoms with Gasteiger partial charge in [-0.05, 0) is 37.5 Å². The molecule has 124 valence electrons. The summed E-state index contributed by atoms with van der Waals surface area (Å²) in [5, 5.41) is 6.33. The highest BCUT2D eigenvalue weighted by Crippen LogP contribution is 2.31. The van der Waals surface area contributed by atoms with Gasteiger partial charge in [0.2, 0.25) is 5.91 Å². The lowest BCUT2D eigenvalue weighted by Crippen LogP contribution is -2.46. The van der Waals surface area contributed by atoms with Crippen LogP contribution in [0.1, 0.15) is 63.5 Å². The van der Waals surface area contributed by atoms with E-state index in [0.29, 0.717) is 11.3 Å². The van der Waals surface area contributed by atoms with E-state index in [9.17, 15) is 9.18 Å². The number of nitrogens with zero attached hydrogens (tertiary/aromatic N) is 1. The van der Waals surface area contributed by atoms with Crippen molar-refractivity contribution in [3.63, 3.8) is 0 Å². The molecule has 1 fully saturated rings. The van der Waals surface area contributed by atoms with Crippen molar-refractivity contribution in [2.75, 3.05) is 0 Å². The number of amidine groups is 1. The fourth-order valence-electron chi connectivity index (χ4n) is 3.38. The number of nitrogens with one attached hydrogen (secondary N) is 2. The van der Waals surface area contributed by atoms with Crippen LogP contribution in [0.4, 0.5) is 10.1 Å². The van der Waals surface area contributed by atoms with Crippen LogP contribution in [0.2, 0.25) is 0 Å². The number of hydrogen-bond acceptors (Lipinski definition) is 3. The van der Waals surface area contributed by atoms with Crippen LogP contribution in [-0.4, -0.2) is 17.8 Å².